The minimum Gasteiger partial charge on any atom is -0.466 e. The molecule has 0 saturated carbocycles. The van der Waals surface area contributed by atoms with Gasteiger partial charge in [0.05, 0.1) is 0 Å². The lowest BCUT2D eigenvalue weighted by Crippen LogP contribution is -2.31. The van der Waals surface area contributed by atoms with E-state index in [0.717, 1.165) is 11.5 Å². The largest absolute Gasteiger partial charge is 0.466 e. The van der Waals surface area contributed by atoms with Crippen LogP contribution in [0.2, 0.25) is 0 Å². The minimum absolute atomic E-state index is 0.385. The summed E-state index contributed by atoms with van der Waals surface area (Å²) in [4.78, 5) is 0. The first kappa shape index (κ1) is 15.3. The summed E-state index contributed by atoms with van der Waals surface area (Å²) in [5, 5.41) is 3.76. The third kappa shape index (κ3) is 4.49. The van der Waals surface area contributed by atoms with Crippen LogP contribution in [0, 0.1) is 13.8 Å². The zero-order valence-corrected chi connectivity index (χ0v) is 12.7. The molecule has 104 valence electrons. The molecule has 1 heterocycles. The maximum atomic E-state index is 5.62. The molecule has 0 bridgehead atoms. The Morgan fingerprint density at radius 3 is 2.39 bits per heavy atom. The average Bonchev–Trinajstić information content (AvgIpc) is 2.65. The molecule has 2 atom stereocenters. The topological polar surface area (TPSA) is 25.2 Å². The predicted molar refractivity (Wildman–Crippen MR) is 78.0 cm³/mol. The fraction of sp³-hybridized carbons (Fsp3) is 0.750. The van der Waals surface area contributed by atoms with Crippen molar-refractivity contribution in [2.24, 2.45) is 0 Å². The SMILES string of the molecule is CCCCC(CCC)NC(C)c1cc(C)oc1C. The molecule has 1 N–H and O–H groups in total. The zero-order valence-electron chi connectivity index (χ0n) is 12.7. The third-order valence-electron chi connectivity index (χ3n) is 3.57. The molecular formula is C16H29NO. The number of aryl methyl sites for hydroxylation is 2. The first-order valence-corrected chi connectivity index (χ1v) is 7.41. The van der Waals surface area contributed by atoms with Gasteiger partial charge in [-0.05, 0) is 39.7 Å². The van der Waals surface area contributed by atoms with Crippen molar-refractivity contribution >= 4 is 0 Å². The molecular weight excluding hydrogens is 222 g/mol. The Bertz CT molecular complexity index is 343. The van der Waals surface area contributed by atoms with Gasteiger partial charge >= 0.3 is 0 Å². The van der Waals surface area contributed by atoms with Crippen LogP contribution in [0.3, 0.4) is 0 Å². The molecule has 0 fully saturated rings. The van der Waals surface area contributed by atoms with E-state index < -0.39 is 0 Å². The summed E-state index contributed by atoms with van der Waals surface area (Å²) in [6.45, 7) is 10.8. The second-order valence-corrected chi connectivity index (χ2v) is 5.38. The van der Waals surface area contributed by atoms with Gasteiger partial charge < -0.3 is 9.73 Å². The third-order valence-corrected chi connectivity index (χ3v) is 3.57. The lowest BCUT2D eigenvalue weighted by Gasteiger charge is -2.23. The highest BCUT2D eigenvalue weighted by molar-refractivity contribution is 5.23. The van der Waals surface area contributed by atoms with Gasteiger partial charge in [-0.3, -0.25) is 0 Å². The normalized spacial score (nSPS) is 14.7. The van der Waals surface area contributed by atoms with Crippen molar-refractivity contribution in [1.82, 2.24) is 5.32 Å². The molecule has 0 aromatic carbocycles. The average molecular weight is 251 g/mol. The van der Waals surface area contributed by atoms with Crippen LogP contribution in [-0.2, 0) is 0 Å². The number of rotatable bonds is 8. The van der Waals surface area contributed by atoms with Crippen molar-refractivity contribution < 1.29 is 4.42 Å². The second kappa shape index (κ2) is 7.63. The molecule has 0 radical (unpaired) electrons. The van der Waals surface area contributed by atoms with E-state index in [9.17, 15) is 0 Å². The molecule has 0 aliphatic carbocycles. The number of furan rings is 1. The van der Waals surface area contributed by atoms with E-state index >= 15 is 0 Å². The van der Waals surface area contributed by atoms with Crippen LogP contribution in [0.25, 0.3) is 0 Å². The Balaban J connectivity index is 2.59. The van der Waals surface area contributed by atoms with Gasteiger partial charge in [0.15, 0.2) is 0 Å². The van der Waals surface area contributed by atoms with Gasteiger partial charge in [-0.15, -0.1) is 0 Å². The summed E-state index contributed by atoms with van der Waals surface area (Å²) in [5.74, 6) is 2.06. The van der Waals surface area contributed by atoms with Crippen LogP contribution in [0.4, 0.5) is 0 Å². The Labute approximate surface area is 112 Å². The molecule has 0 saturated heterocycles. The molecule has 1 aromatic heterocycles. The summed E-state index contributed by atoms with van der Waals surface area (Å²) < 4.78 is 5.62. The monoisotopic (exact) mass is 251 g/mol. The highest BCUT2D eigenvalue weighted by Gasteiger charge is 2.16. The molecule has 1 aromatic rings. The van der Waals surface area contributed by atoms with E-state index in [-0.39, 0.29) is 0 Å². The quantitative estimate of drug-likeness (QED) is 0.710. The fourth-order valence-corrected chi connectivity index (χ4v) is 2.63. The van der Waals surface area contributed by atoms with E-state index in [1.807, 2.05) is 6.92 Å². The summed E-state index contributed by atoms with van der Waals surface area (Å²) in [7, 11) is 0. The van der Waals surface area contributed by atoms with Crippen LogP contribution >= 0.6 is 0 Å². The zero-order chi connectivity index (χ0) is 13.5. The lowest BCUT2D eigenvalue weighted by molar-refractivity contribution is 0.392. The molecule has 2 unspecified atom stereocenters. The highest BCUT2D eigenvalue weighted by Crippen LogP contribution is 2.22. The summed E-state index contributed by atoms with van der Waals surface area (Å²) in [6, 6.07) is 3.19. The van der Waals surface area contributed by atoms with E-state index in [1.165, 1.54) is 37.7 Å². The molecule has 2 nitrogen and oxygen atoms in total. The smallest absolute Gasteiger partial charge is 0.105 e. The molecule has 1 rings (SSSR count). The van der Waals surface area contributed by atoms with Crippen molar-refractivity contribution in [2.45, 2.75) is 78.8 Å². The molecule has 0 aliphatic heterocycles. The van der Waals surface area contributed by atoms with Gasteiger partial charge in [-0.1, -0.05) is 33.1 Å². The fourth-order valence-electron chi connectivity index (χ4n) is 2.63. The molecule has 0 spiro atoms. The van der Waals surface area contributed by atoms with Gasteiger partial charge in [0, 0.05) is 17.6 Å². The van der Waals surface area contributed by atoms with Crippen LogP contribution < -0.4 is 5.32 Å². The molecule has 2 heteroatoms. The first-order valence-electron chi connectivity index (χ1n) is 7.41. The Morgan fingerprint density at radius 1 is 1.17 bits per heavy atom. The first-order chi connectivity index (χ1) is 8.58. The van der Waals surface area contributed by atoms with Gasteiger partial charge in [0.2, 0.25) is 0 Å². The summed E-state index contributed by atoms with van der Waals surface area (Å²) >= 11 is 0. The van der Waals surface area contributed by atoms with Crippen molar-refractivity contribution in [3.05, 3.63) is 23.2 Å². The predicted octanol–water partition coefficient (Wildman–Crippen LogP) is 4.91. The number of unbranched alkanes of at least 4 members (excludes halogenated alkanes) is 1. The van der Waals surface area contributed by atoms with E-state index in [1.54, 1.807) is 0 Å². The number of hydrogen-bond acceptors (Lipinski definition) is 2. The van der Waals surface area contributed by atoms with Crippen LogP contribution in [0.15, 0.2) is 10.5 Å². The summed E-state index contributed by atoms with van der Waals surface area (Å²) in [6.07, 6.45) is 6.39. The van der Waals surface area contributed by atoms with E-state index in [2.05, 4.69) is 39.1 Å². The van der Waals surface area contributed by atoms with Gasteiger partial charge in [0.25, 0.3) is 0 Å². The molecule has 18 heavy (non-hydrogen) atoms. The van der Waals surface area contributed by atoms with Crippen LogP contribution in [0.5, 0.6) is 0 Å². The summed E-state index contributed by atoms with van der Waals surface area (Å²) in [5.41, 5.74) is 1.31. The number of nitrogens with one attached hydrogen (secondary N) is 1. The highest BCUT2D eigenvalue weighted by atomic mass is 16.3. The Morgan fingerprint density at radius 2 is 1.89 bits per heavy atom. The van der Waals surface area contributed by atoms with Gasteiger partial charge in [0.1, 0.15) is 11.5 Å². The van der Waals surface area contributed by atoms with Crippen molar-refractivity contribution in [3.8, 4) is 0 Å². The van der Waals surface area contributed by atoms with Crippen molar-refractivity contribution in [3.63, 3.8) is 0 Å². The lowest BCUT2D eigenvalue weighted by atomic mass is 10.0. The molecule has 0 amide bonds. The standard InChI is InChI=1S/C16H29NO/c1-6-8-10-15(9-7-2)17-13(4)16-11-12(3)18-14(16)5/h11,13,15,17H,6-10H2,1-5H3. The van der Waals surface area contributed by atoms with Crippen molar-refractivity contribution in [1.29, 1.82) is 0 Å². The van der Waals surface area contributed by atoms with Gasteiger partial charge in [-0.2, -0.15) is 0 Å². The van der Waals surface area contributed by atoms with Gasteiger partial charge in [-0.25, -0.2) is 0 Å². The number of hydrogen-bond donors (Lipinski definition) is 1. The van der Waals surface area contributed by atoms with Crippen molar-refractivity contribution in [2.75, 3.05) is 0 Å². The maximum Gasteiger partial charge on any atom is 0.105 e. The van der Waals surface area contributed by atoms with E-state index in [0.29, 0.717) is 12.1 Å². The Hall–Kier alpha value is -0.760. The van der Waals surface area contributed by atoms with E-state index in [4.69, 9.17) is 4.42 Å². The second-order valence-electron chi connectivity index (χ2n) is 5.38. The Kier molecular flexibility index (Phi) is 6.48. The minimum atomic E-state index is 0.385. The van der Waals surface area contributed by atoms with Crippen LogP contribution in [-0.4, -0.2) is 6.04 Å². The van der Waals surface area contributed by atoms with Crippen LogP contribution in [0.1, 0.15) is 76.0 Å². The maximum absolute atomic E-state index is 5.62. The molecule has 0 aliphatic rings.